The molecule has 0 aliphatic rings. The number of rotatable bonds is 2. The summed E-state index contributed by atoms with van der Waals surface area (Å²) in [5, 5.41) is 8.14. The van der Waals surface area contributed by atoms with Gasteiger partial charge in [-0.2, -0.15) is 0 Å². The SMILES string of the molecule is CC(CO)[PH+]=O. The molecule has 0 spiro atoms. The van der Waals surface area contributed by atoms with E-state index < -0.39 is 0 Å². The van der Waals surface area contributed by atoms with E-state index >= 15 is 0 Å². The minimum absolute atomic E-state index is 0.0297. The van der Waals surface area contributed by atoms with Crippen LogP contribution in [0, 0.1) is 0 Å². The number of aliphatic hydroxyl groups is 1. The highest BCUT2D eigenvalue weighted by Gasteiger charge is 2.02. The Kier molecular flexibility index (Phi) is 3.29. The lowest BCUT2D eigenvalue weighted by molar-refractivity contribution is 0.297. The van der Waals surface area contributed by atoms with Gasteiger partial charge in [-0.05, 0) is 6.92 Å². The van der Waals surface area contributed by atoms with Crippen molar-refractivity contribution in [3.63, 3.8) is 0 Å². The van der Waals surface area contributed by atoms with Gasteiger partial charge in [0, 0.05) is 0 Å². The Morgan fingerprint density at radius 3 is 2.50 bits per heavy atom. The van der Waals surface area contributed by atoms with Crippen molar-refractivity contribution in [3.8, 4) is 0 Å². The predicted molar refractivity (Wildman–Crippen MR) is 25.5 cm³/mol. The molecular weight excluding hydrogens is 99.0 g/mol. The maximum absolute atomic E-state index is 9.73. The lowest BCUT2D eigenvalue weighted by Gasteiger charge is -1.79. The molecule has 3 heteroatoms. The average molecular weight is 107 g/mol. The Hall–Kier alpha value is 0.0600. The first-order chi connectivity index (χ1) is 2.81. The van der Waals surface area contributed by atoms with E-state index in [2.05, 4.69) is 0 Å². The van der Waals surface area contributed by atoms with Gasteiger partial charge in [0.1, 0.15) is 0 Å². The fourth-order valence-electron chi connectivity index (χ4n) is 0.0373. The van der Waals surface area contributed by atoms with Crippen LogP contribution in [-0.4, -0.2) is 17.4 Å². The topological polar surface area (TPSA) is 37.3 Å². The van der Waals surface area contributed by atoms with Crippen molar-refractivity contribution in [2.24, 2.45) is 0 Å². The average Bonchev–Trinajstić information content (AvgIpc) is 1.65. The second-order valence-electron chi connectivity index (χ2n) is 1.20. The van der Waals surface area contributed by atoms with Crippen LogP contribution in [0.15, 0.2) is 0 Å². The van der Waals surface area contributed by atoms with E-state index in [0.717, 1.165) is 0 Å². The van der Waals surface area contributed by atoms with Crippen LogP contribution < -0.4 is 0 Å². The van der Waals surface area contributed by atoms with Crippen LogP contribution in [0.2, 0.25) is 0 Å². The molecule has 0 amide bonds. The molecule has 0 fully saturated rings. The fraction of sp³-hybridized carbons (Fsp3) is 1.00. The summed E-state index contributed by atoms with van der Waals surface area (Å²) < 4.78 is 9.73. The summed E-state index contributed by atoms with van der Waals surface area (Å²) in [6.45, 7) is 1.76. The molecule has 0 saturated heterocycles. The van der Waals surface area contributed by atoms with Crippen molar-refractivity contribution in [3.05, 3.63) is 0 Å². The van der Waals surface area contributed by atoms with E-state index in [4.69, 9.17) is 5.11 Å². The molecular formula is C3H8O2P+. The molecule has 2 atom stereocenters. The van der Waals surface area contributed by atoms with Crippen LogP contribution in [-0.2, 0) is 4.57 Å². The monoisotopic (exact) mass is 107 g/mol. The van der Waals surface area contributed by atoms with E-state index in [0.29, 0.717) is 0 Å². The third-order valence-electron chi connectivity index (χ3n) is 0.475. The first kappa shape index (κ1) is 6.06. The van der Waals surface area contributed by atoms with Crippen molar-refractivity contribution in [2.75, 3.05) is 6.61 Å². The van der Waals surface area contributed by atoms with Crippen molar-refractivity contribution in [1.29, 1.82) is 0 Å². The Balaban J connectivity index is 2.96. The predicted octanol–water partition coefficient (Wildman–Crippen LogP) is 0.391. The minimum Gasteiger partial charge on any atom is -0.392 e. The lowest BCUT2D eigenvalue weighted by atomic mass is 10.5. The van der Waals surface area contributed by atoms with Crippen LogP contribution in [0.1, 0.15) is 6.92 Å². The molecule has 0 aliphatic carbocycles. The summed E-state index contributed by atoms with van der Waals surface area (Å²) in [4.78, 5) is 0. The van der Waals surface area contributed by atoms with Crippen molar-refractivity contribution in [1.82, 2.24) is 0 Å². The van der Waals surface area contributed by atoms with Gasteiger partial charge in [-0.15, -0.1) is 0 Å². The van der Waals surface area contributed by atoms with E-state index in [1.54, 1.807) is 6.92 Å². The molecule has 6 heavy (non-hydrogen) atoms. The van der Waals surface area contributed by atoms with Crippen molar-refractivity contribution in [2.45, 2.75) is 12.6 Å². The highest BCUT2D eigenvalue weighted by Crippen LogP contribution is 2.00. The van der Waals surface area contributed by atoms with E-state index in [9.17, 15) is 4.57 Å². The highest BCUT2D eigenvalue weighted by atomic mass is 31.1. The molecule has 0 rings (SSSR count). The molecule has 0 saturated carbocycles. The maximum atomic E-state index is 9.73. The molecule has 0 aliphatic heterocycles. The number of aliphatic hydroxyl groups excluding tert-OH is 1. The minimum atomic E-state index is -0.368. The standard InChI is InChI=1S/C3H7O2P/c1-3(2-4)6-5/h3-4H,2H2,1H3/p+1. The molecule has 2 unspecified atom stereocenters. The van der Waals surface area contributed by atoms with Gasteiger partial charge in [-0.3, -0.25) is 0 Å². The lowest BCUT2D eigenvalue weighted by Crippen LogP contribution is -1.95. The largest absolute Gasteiger partial charge is 0.392 e. The summed E-state index contributed by atoms with van der Waals surface area (Å²) in [5.74, 6) is 0. The zero-order valence-electron chi connectivity index (χ0n) is 3.64. The van der Waals surface area contributed by atoms with Gasteiger partial charge >= 0.3 is 8.46 Å². The Bertz CT molecular complexity index is 46.1. The Morgan fingerprint density at radius 2 is 2.50 bits per heavy atom. The van der Waals surface area contributed by atoms with Crippen LogP contribution in [0.25, 0.3) is 0 Å². The number of hydrogen-bond acceptors (Lipinski definition) is 2. The molecule has 0 aromatic heterocycles. The molecule has 36 valence electrons. The van der Waals surface area contributed by atoms with Crippen molar-refractivity contribution < 1.29 is 9.67 Å². The van der Waals surface area contributed by atoms with Crippen LogP contribution in [0.4, 0.5) is 0 Å². The van der Waals surface area contributed by atoms with E-state index in [1.165, 1.54) is 0 Å². The number of hydrogen-bond donors (Lipinski definition) is 1. The molecule has 1 N–H and O–H groups in total. The second-order valence-corrected chi connectivity index (χ2v) is 2.42. The van der Waals surface area contributed by atoms with Gasteiger partial charge in [0.15, 0.2) is 5.66 Å². The molecule has 2 nitrogen and oxygen atoms in total. The summed E-state index contributed by atoms with van der Waals surface area (Å²) in [7, 11) is -0.368. The smallest absolute Gasteiger partial charge is 0.330 e. The van der Waals surface area contributed by atoms with Gasteiger partial charge < -0.3 is 5.11 Å². The third-order valence-corrected chi connectivity index (χ3v) is 1.06. The Labute approximate surface area is 38.4 Å². The van der Waals surface area contributed by atoms with Crippen LogP contribution in [0.5, 0.6) is 0 Å². The molecule has 0 bridgehead atoms. The first-order valence-electron chi connectivity index (χ1n) is 1.79. The van der Waals surface area contributed by atoms with Gasteiger partial charge in [-0.25, -0.2) is 0 Å². The molecule has 0 aromatic carbocycles. The summed E-state index contributed by atoms with van der Waals surface area (Å²) in [6.07, 6.45) is 0. The normalized spacial score (nSPS) is 15.0. The van der Waals surface area contributed by atoms with Gasteiger partial charge in [-0.1, -0.05) is 4.57 Å². The molecule has 0 aromatic rings. The molecule has 0 heterocycles. The van der Waals surface area contributed by atoms with Crippen LogP contribution in [0.3, 0.4) is 0 Å². The van der Waals surface area contributed by atoms with Crippen LogP contribution >= 0.6 is 8.46 Å². The quantitative estimate of drug-likeness (QED) is 0.518. The van der Waals surface area contributed by atoms with Gasteiger partial charge in [0.25, 0.3) is 0 Å². The zero-order chi connectivity index (χ0) is 4.99. The van der Waals surface area contributed by atoms with E-state index in [1.807, 2.05) is 0 Å². The summed E-state index contributed by atoms with van der Waals surface area (Å²) in [5.41, 5.74) is -0.0370. The van der Waals surface area contributed by atoms with Gasteiger partial charge in [0.05, 0.1) is 6.61 Å². The Morgan fingerprint density at radius 1 is 2.00 bits per heavy atom. The molecule has 0 radical (unpaired) electrons. The fourth-order valence-corrected chi connectivity index (χ4v) is 0.112. The van der Waals surface area contributed by atoms with Gasteiger partial charge in [0.2, 0.25) is 0 Å². The third kappa shape index (κ3) is 2.31. The zero-order valence-corrected chi connectivity index (χ0v) is 4.64. The second kappa shape index (κ2) is 3.26. The van der Waals surface area contributed by atoms with E-state index in [-0.39, 0.29) is 20.7 Å². The summed E-state index contributed by atoms with van der Waals surface area (Å²) in [6, 6.07) is 0. The van der Waals surface area contributed by atoms with Crippen molar-refractivity contribution >= 4 is 8.46 Å². The first-order valence-corrected chi connectivity index (χ1v) is 2.78. The maximum Gasteiger partial charge on any atom is 0.330 e. The highest BCUT2D eigenvalue weighted by molar-refractivity contribution is 7.24. The summed E-state index contributed by atoms with van der Waals surface area (Å²) >= 11 is 0.